The third-order valence-electron chi connectivity index (χ3n) is 4.09. The summed E-state index contributed by atoms with van der Waals surface area (Å²) in [5, 5.41) is 3.23. The van der Waals surface area contributed by atoms with Gasteiger partial charge in [-0.3, -0.25) is 4.72 Å². The second kappa shape index (κ2) is 8.68. The zero-order valence-electron chi connectivity index (χ0n) is 15.2. The van der Waals surface area contributed by atoms with Crippen LogP contribution >= 0.6 is 0 Å². The van der Waals surface area contributed by atoms with Crippen LogP contribution in [0.5, 0.6) is 0 Å². The highest BCUT2D eigenvalue weighted by molar-refractivity contribution is 7.92. The van der Waals surface area contributed by atoms with Crippen LogP contribution in [0.25, 0.3) is 0 Å². The third-order valence-corrected chi connectivity index (χ3v) is 5.43. The zero-order valence-corrected chi connectivity index (χ0v) is 16.0. The largest absolute Gasteiger partial charge is 0.354 e. The van der Waals surface area contributed by atoms with Gasteiger partial charge in [-0.2, -0.15) is 0 Å². The minimum Gasteiger partial charge on any atom is -0.354 e. The average molecular weight is 382 g/mol. The second-order valence-electron chi connectivity index (χ2n) is 6.43. The Bertz CT molecular complexity index is 955. The molecule has 0 bridgehead atoms. The Morgan fingerprint density at radius 2 is 1.59 bits per heavy atom. The van der Waals surface area contributed by atoms with Gasteiger partial charge in [0.05, 0.1) is 17.6 Å². The SMILES string of the molecule is Cc1ccc(Nc2ccc(NS(=O)(=O)CCCc3ccccc3)nc2)cc1. The molecule has 27 heavy (non-hydrogen) atoms. The number of hydrogen-bond acceptors (Lipinski definition) is 4. The molecule has 0 aliphatic rings. The fraction of sp³-hybridized carbons (Fsp3) is 0.190. The van der Waals surface area contributed by atoms with Crippen molar-refractivity contribution >= 4 is 27.2 Å². The van der Waals surface area contributed by atoms with Crippen molar-refractivity contribution < 1.29 is 8.42 Å². The maximum atomic E-state index is 12.2. The van der Waals surface area contributed by atoms with E-state index in [1.54, 1.807) is 18.3 Å². The molecule has 0 atom stereocenters. The molecule has 6 heteroatoms. The highest BCUT2D eigenvalue weighted by Crippen LogP contribution is 2.18. The first-order chi connectivity index (χ1) is 13.0. The number of pyridine rings is 1. The predicted octanol–water partition coefficient (Wildman–Crippen LogP) is 4.51. The van der Waals surface area contributed by atoms with Crippen molar-refractivity contribution in [2.24, 2.45) is 0 Å². The van der Waals surface area contributed by atoms with Gasteiger partial charge in [-0.15, -0.1) is 0 Å². The van der Waals surface area contributed by atoms with E-state index in [0.717, 1.165) is 23.4 Å². The number of hydrogen-bond donors (Lipinski definition) is 2. The number of nitrogens with zero attached hydrogens (tertiary/aromatic N) is 1. The van der Waals surface area contributed by atoms with Gasteiger partial charge in [0.1, 0.15) is 5.82 Å². The standard InChI is InChI=1S/C21H23N3O2S/c1-17-9-11-19(12-10-17)23-20-13-14-21(22-16-20)24-27(25,26)15-5-8-18-6-3-2-4-7-18/h2-4,6-7,9-14,16,23H,5,8,15H2,1H3,(H,22,24). The Morgan fingerprint density at radius 1 is 0.889 bits per heavy atom. The average Bonchev–Trinajstić information content (AvgIpc) is 2.66. The van der Waals surface area contributed by atoms with E-state index in [9.17, 15) is 8.42 Å². The first kappa shape index (κ1) is 18.9. The summed E-state index contributed by atoms with van der Waals surface area (Å²) < 4.78 is 27.0. The minimum atomic E-state index is -3.41. The molecular weight excluding hydrogens is 358 g/mol. The van der Waals surface area contributed by atoms with Crippen LogP contribution in [-0.4, -0.2) is 19.2 Å². The molecule has 3 aromatic rings. The zero-order chi connectivity index (χ0) is 19.1. The van der Waals surface area contributed by atoms with Crippen LogP contribution in [0.1, 0.15) is 17.5 Å². The van der Waals surface area contributed by atoms with Crippen LogP contribution in [0.15, 0.2) is 72.9 Å². The van der Waals surface area contributed by atoms with Crippen LogP contribution in [0.2, 0.25) is 0 Å². The molecule has 1 aromatic heterocycles. The number of nitrogens with one attached hydrogen (secondary N) is 2. The van der Waals surface area contributed by atoms with Gasteiger partial charge in [-0.05, 0) is 49.6 Å². The summed E-state index contributed by atoms with van der Waals surface area (Å²) in [7, 11) is -3.41. The molecule has 2 aromatic carbocycles. The Hall–Kier alpha value is -2.86. The molecule has 140 valence electrons. The number of anilines is 3. The number of aromatic nitrogens is 1. The van der Waals surface area contributed by atoms with E-state index >= 15 is 0 Å². The van der Waals surface area contributed by atoms with Crippen LogP contribution in [0, 0.1) is 6.92 Å². The van der Waals surface area contributed by atoms with Gasteiger partial charge in [0.2, 0.25) is 10.0 Å². The summed E-state index contributed by atoms with van der Waals surface area (Å²) in [6, 6.07) is 21.3. The second-order valence-corrected chi connectivity index (χ2v) is 8.28. The lowest BCUT2D eigenvalue weighted by molar-refractivity contribution is 0.598. The lowest BCUT2D eigenvalue weighted by Gasteiger charge is -2.09. The van der Waals surface area contributed by atoms with Crippen LogP contribution in [-0.2, 0) is 16.4 Å². The van der Waals surface area contributed by atoms with Gasteiger partial charge < -0.3 is 5.32 Å². The quantitative estimate of drug-likeness (QED) is 0.602. The number of sulfonamides is 1. The van der Waals surface area contributed by atoms with Crippen molar-refractivity contribution in [2.75, 3.05) is 15.8 Å². The van der Waals surface area contributed by atoms with E-state index in [-0.39, 0.29) is 5.75 Å². The van der Waals surface area contributed by atoms with Gasteiger partial charge in [-0.1, -0.05) is 48.0 Å². The lowest BCUT2D eigenvalue weighted by atomic mass is 10.1. The predicted molar refractivity (Wildman–Crippen MR) is 111 cm³/mol. The molecule has 0 aliphatic heterocycles. The third kappa shape index (κ3) is 6.11. The summed E-state index contributed by atoms with van der Waals surface area (Å²) in [4.78, 5) is 4.19. The molecule has 0 saturated heterocycles. The van der Waals surface area contributed by atoms with Gasteiger partial charge in [0, 0.05) is 5.69 Å². The Morgan fingerprint density at radius 3 is 2.26 bits per heavy atom. The highest BCUT2D eigenvalue weighted by Gasteiger charge is 2.11. The van der Waals surface area contributed by atoms with E-state index < -0.39 is 10.0 Å². The van der Waals surface area contributed by atoms with E-state index in [4.69, 9.17) is 0 Å². The summed E-state index contributed by atoms with van der Waals surface area (Å²) >= 11 is 0. The van der Waals surface area contributed by atoms with Crippen molar-refractivity contribution in [2.45, 2.75) is 19.8 Å². The van der Waals surface area contributed by atoms with Crippen molar-refractivity contribution in [1.29, 1.82) is 0 Å². The molecule has 0 fully saturated rings. The monoisotopic (exact) mass is 381 g/mol. The van der Waals surface area contributed by atoms with E-state index in [1.807, 2.05) is 61.5 Å². The maximum absolute atomic E-state index is 12.2. The van der Waals surface area contributed by atoms with Gasteiger partial charge in [0.15, 0.2) is 0 Å². The van der Waals surface area contributed by atoms with Crippen LogP contribution in [0.3, 0.4) is 0 Å². The molecule has 5 nitrogen and oxygen atoms in total. The minimum absolute atomic E-state index is 0.0624. The molecule has 2 N–H and O–H groups in total. The highest BCUT2D eigenvalue weighted by atomic mass is 32.2. The van der Waals surface area contributed by atoms with Gasteiger partial charge >= 0.3 is 0 Å². The summed E-state index contributed by atoms with van der Waals surface area (Å²) in [5.74, 6) is 0.386. The smallest absolute Gasteiger partial charge is 0.233 e. The van der Waals surface area contributed by atoms with Gasteiger partial charge in [0.25, 0.3) is 0 Å². The van der Waals surface area contributed by atoms with Crippen LogP contribution < -0.4 is 10.0 Å². The molecule has 0 aliphatic carbocycles. The number of aryl methyl sites for hydroxylation is 2. The molecule has 0 radical (unpaired) electrons. The number of benzene rings is 2. The first-order valence-electron chi connectivity index (χ1n) is 8.84. The molecule has 3 rings (SSSR count). The van der Waals surface area contributed by atoms with Crippen molar-refractivity contribution in [3.63, 3.8) is 0 Å². The van der Waals surface area contributed by atoms with Gasteiger partial charge in [-0.25, -0.2) is 13.4 Å². The maximum Gasteiger partial charge on any atom is 0.233 e. The fourth-order valence-corrected chi connectivity index (χ4v) is 3.72. The number of rotatable bonds is 8. The van der Waals surface area contributed by atoms with E-state index in [1.165, 1.54) is 5.56 Å². The topological polar surface area (TPSA) is 71.1 Å². The van der Waals surface area contributed by atoms with Crippen molar-refractivity contribution in [1.82, 2.24) is 4.98 Å². The van der Waals surface area contributed by atoms with Crippen LogP contribution in [0.4, 0.5) is 17.2 Å². The normalized spacial score (nSPS) is 11.1. The summed E-state index contributed by atoms with van der Waals surface area (Å²) in [6.45, 7) is 2.03. The lowest BCUT2D eigenvalue weighted by Crippen LogP contribution is -2.17. The Kier molecular flexibility index (Phi) is 6.08. The Balaban J connectivity index is 1.52. The molecule has 1 heterocycles. The van der Waals surface area contributed by atoms with E-state index in [2.05, 4.69) is 15.0 Å². The molecule has 0 unspecified atom stereocenters. The summed E-state index contributed by atoms with van der Waals surface area (Å²) in [6.07, 6.45) is 2.91. The molecule has 0 saturated carbocycles. The molecule has 0 spiro atoms. The van der Waals surface area contributed by atoms with E-state index in [0.29, 0.717) is 12.2 Å². The van der Waals surface area contributed by atoms with Crippen molar-refractivity contribution in [3.8, 4) is 0 Å². The molecule has 0 amide bonds. The summed E-state index contributed by atoms with van der Waals surface area (Å²) in [5.41, 5.74) is 4.08. The van der Waals surface area contributed by atoms with Crippen molar-refractivity contribution in [3.05, 3.63) is 84.1 Å². The fourth-order valence-electron chi connectivity index (χ4n) is 2.65. The molecular formula is C21H23N3O2S. The Labute approximate surface area is 160 Å². The first-order valence-corrected chi connectivity index (χ1v) is 10.5.